The van der Waals surface area contributed by atoms with Crippen molar-refractivity contribution in [3.8, 4) is 11.5 Å². The Morgan fingerprint density at radius 1 is 1.03 bits per heavy atom. The number of carbonyl (C=O) groups is 2. The molecule has 2 atom stereocenters. The second-order valence-electron chi connectivity index (χ2n) is 10.2. The summed E-state index contributed by atoms with van der Waals surface area (Å²) in [4.78, 5) is 27.9. The molecule has 1 fully saturated rings. The molecule has 200 valence electrons. The van der Waals surface area contributed by atoms with Gasteiger partial charge >= 0.3 is 0 Å². The van der Waals surface area contributed by atoms with Crippen LogP contribution < -0.4 is 14.8 Å². The number of aliphatic hydroxyl groups excluding tert-OH is 1. The van der Waals surface area contributed by atoms with Gasteiger partial charge in [0.15, 0.2) is 17.3 Å². The van der Waals surface area contributed by atoms with Gasteiger partial charge in [0.05, 0.1) is 6.04 Å². The lowest BCUT2D eigenvalue weighted by Gasteiger charge is -2.29. The Hall–Kier alpha value is -3.49. The van der Waals surface area contributed by atoms with E-state index < -0.39 is 29.7 Å². The van der Waals surface area contributed by atoms with Crippen molar-refractivity contribution in [2.75, 3.05) is 32.8 Å². The van der Waals surface area contributed by atoms with Crippen LogP contribution in [0.15, 0.2) is 48.5 Å². The fourth-order valence-electron chi connectivity index (χ4n) is 5.19. The Morgan fingerprint density at radius 3 is 2.61 bits per heavy atom. The number of fused-ring (bicyclic) bond motifs is 2. The number of ether oxygens (including phenoxy) is 2. The van der Waals surface area contributed by atoms with E-state index in [1.807, 2.05) is 25.1 Å². The number of hydrogen-bond donors (Lipinski definition) is 2. The van der Waals surface area contributed by atoms with E-state index in [9.17, 15) is 19.1 Å². The maximum absolute atomic E-state index is 14.7. The summed E-state index contributed by atoms with van der Waals surface area (Å²) in [6.45, 7) is 4.59. The number of benzene rings is 3. The van der Waals surface area contributed by atoms with E-state index in [-0.39, 0.29) is 36.7 Å². The SMILES string of the molecule is Cc1ccc2ccc(CCC(=O)C(=O)N[C@H](CN3CCCC3)[C@H](O)c3cc(F)c4c(c3)OCCO4)cc2c1. The summed E-state index contributed by atoms with van der Waals surface area (Å²) < 4.78 is 25.5. The largest absolute Gasteiger partial charge is 0.486 e. The normalized spacial score (nSPS) is 16.8. The Kier molecular flexibility index (Phi) is 7.90. The van der Waals surface area contributed by atoms with Crippen LogP contribution >= 0.6 is 0 Å². The molecule has 5 rings (SSSR count). The van der Waals surface area contributed by atoms with Crippen LogP contribution in [-0.4, -0.2) is 60.6 Å². The smallest absolute Gasteiger partial charge is 0.287 e. The lowest BCUT2D eigenvalue weighted by molar-refractivity contribution is -0.139. The van der Waals surface area contributed by atoms with Crippen LogP contribution in [0.5, 0.6) is 11.5 Å². The van der Waals surface area contributed by atoms with Crippen molar-refractivity contribution in [3.63, 3.8) is 0 Å². The minimum Gasteiger partial charge on any atom is -0.486 e. The molecule has 2 N–H and O–H groups in total. The molecule has 0 radical (unpaired) electrons. The lowest BCUT2D eigenvalue weighted by Crippen LogP contribution is -2.48. The molecule has 2 aliphatic rings. The molecule has 0 bridgehead atoms. The first-order valence-electron chi connectivity index (χ1n) is 13.2. The molecule has 0 unspecified atom stereocenters. The van der Waals surface area contributed by atoms with E-state index in [0.29, 0.717) is 13.0 Å². The molecule has 0 aromatic heterocycles. The highest BCUT2D eigenvalue weighted by Crippen LogP contribution is 2.36. The number of aryl methyl sites for hydroxylation is 2. The van der Waals surface area contributed by atoms with Crippen LogP contribution in [0.1, 0.15) is 42.1 Å². The van der Waals surface area contributed by atoms with Crippen LogP contribution in [-0.2, 0) is 16.0 Å². The van der Waals surface area contributed by atoms with E-state index in [1.165, 1.54) is 12.1 Å². The van der Waals surface area contributed by atoms with Crippen molar-refractivity contribution >= 4 is 22.5 Å². The molecular weight excluding hydrogens is 487 g/mol. The molecule has 0 spiro atoms. The third-order valence-electron chi connectivity index (χ3n) is 7.27. The van der Waals surface area contributed by atoms with Crippen molar-refractivity contribution in [2.24, 2.45) is 0 Å². The van der Waals surface area contributed by atoms with Crippen molar-refractivity contribution < 1.29 is 28.6 Å². The van der Waals surface area contributed by atoms with E-state index in [1.54, 1.807) is 0 Å². The fraction of sp³-hybridized carbons (Fsp3) is 0.400. The fourth-order valence-corrected chi connectivity index (χ4v) is 5.19. The van der Waals surface area contributed by atoms with Gasteiger partial charge in [-0.25, -0.2) is 4.39 Å². The van der Waals surface area contributed by atoms with Gasteiger partial charge in [0.25, 0.3) is 5.91 Å². The number of likely N-dealkylation sites (tertiary alicyclic amines) is 1. The zero-order valence-electron chi connectivity index (χ0n) is 21.5. The number of carbonyl (C=O) groups excluding carboxylic acids is 2. The van der Waals surface area contributed by atoms with Crippen molar-refractivity contribution in [2.45, 2.75) is 44.8 Å². The van der Waals surface area contributed by atoms with Gasteiger partial charge in [0, 0.05) is 13.0 Å². The molecule has 0 aliphatic carbocycles. The van der Waals surface area contributed by atoms with Crippen LogP contribution in [0.3, 0.4) is 0 Å². The topological polar surface area (TPSA) is 88.1 Å². The van der Waals surface area contributed by atoms with E-state index in [2.05, 4.69) is 28.4 Å². The highest BCUT2D eigenvalue weighted by atomic mass is 19.1. The number of nitrogens with one attached hydrogen (secondary N) is 1. The van der Waals surface area contributed by atoms with Crippen LogP contribution in [0, 0.1) is 12.7 Å². The van der Waals surface area contributed by atoms with Gasteiger partial charge in [-0.3, -0.25) is 9.59 Å². The Morgan fingerprint density at radius 2 is 1.79 bits per heavy atom. The molecule has 7 nitrogen and oxygen atoms in total. The van der Waals surface area contributed by atoms with Crippen LogP contribution in [0.2, 0.25) is 0 Å². The molecule has 2 heterocycles. The Bertz CT molecular complexity index is 1340. The highest BCUT2D eigenvalue weighted by molar-refractivity contribution is 6.36. The molecule has 0 saturated carbocycles. The summed E-state index contributed by atoms with van der Waals surface area (Å²) in [7, 11) is 0. The predicted molar refractivity (Wildman–Crippen MR) is 142 cm³/mol. The van der Waals surface area contributed by atoms with Crippen molar-refractivity contribution in [1.29, 1.82) is 0 Å². The average Bonchev–Trinajstić information content (AvgIpc) is 3.43. The first-order valence-corrected chi connectivity index (χ1v) is 13.2. The third-order valence-corrected chi connectivity index (χ3v) is 7.27. The Balaban J connectivity index is 1.27. The zero-order chi connectivity index (χ0) is 26.6. The van der Waals surface area contributed by atoms with E-state index in [4.69, 9.17) is 9.47 Å². The molecule has 2 aliphatic heterocycles. The monoisotopic (exact) mass is 520 g/mol. The zero-order valence-corrected chi connectivity index (χ0v) is 21.5. The number of nitrogens with zero attached hydrogens (tertiary/aromatic N) is 1. The number of Topliss-reactive ketones (excluding diaryl/α,β-unsaturated/α-hetero) is 1. The average molecular weight is 521 g/mol. The minimum atomic E-state index is -1.23. The molecule has 3 aromatic rings. The molecular formula is C30H33FN2O5. The molecule has 1 amide bonds. The number of rotatable bonds is 9. The predicted octanol–water partition coefficient (Wildman–Crippen LogP) is 3.87. The molecule has 1 saturated heterocycles. The summed E-state index contributed by atoms with van der Waals surface area (Å²) >= 11 is 0. The Labute approximate surface area is 221 Å². The van der Waals surface area contributed by atoms with Gasteiger partial charge in [-0.05, 0) is 73.3 Å². The van der Waals surface area contributed by atoms with E-state index in [0.717, 1.165) is 47.8 Å². The summed E-state index contributed by atoms with van der Waals surface area (Å²) in [5.74, 6) is -1.70. The number of halogens is 1. The van der Waals surface area contributed by atoms with E-state index >= 15 is 0 Å². The number of amides is 1. The summed E-state index contributed by atoms with van der Waals surface area (Å²) in [5, 5.41) is 16.2. The van der Waals surface area contributed by atoms with Crippen LogP contribution in [0.25, 0.3) is 10.8 Å². The van der Waals surface area contributed by atoms with Gasteiger partial charge in [-0.15, -0.1) is 0 Å². The summed E-state index contributed by atoms with van der Waals surface area (Å²) in [6, 6.07) is 14.2. The summed E-state index contributed by atoms with van der Waals surface area (Å²) in [5.41, 5.74) is 2.39. The quantitative estimate of drug-likeness (QED) is 0.417. The maximum atomic E-state index is 14.7. The third kappa shape index (κ3) is 5.97. The lowest BCUT2D eigenvalue weighted by atomic mass is 9.99. The maximum Gasteiger partial charge on any atom is 0.287 e. The molecule has 8 heteroatoms. The van der Waals surface area contributed by atoms with Crippen LogP contribution in [0.4, 0.5) is 4.39 Å². The second-order valence-corrected chi connectivity index (χ2v) is 10.2. The standard InChI is InChI=1S/C30H33FN2O5/c1-19-4-7-21-8-5-20(15-22(21)14-19)6-9-26(34)30(36)32-25(18-33-10-2-3-11-33)28(35)23-16-24(31)29-27(17-23)37-12-13-38-29/h4-5,7-8,14-17,25,28,35H,2-3,6,9-13,18H2,1H3,(H,32,36)/t25-,28-/m1/s1. The number of aliphatic hydroxyl groups is 1. The first-order chi connectivity index (χ1) is 18.4. The number of hydrogen-bond acceptors (Lipinski definition) is 6. The number of ketones is 1. The first kappa shape index (κ1) is 26.1. The van der Waals surface area contributed by atoms with Crippen molar-refractivity contribution in [3.05, 3.63) is 71.0 Å². The molecule has 3 aromatic carbocycles. The van der Waals surface area contributed by atoms with Gasteiger partial charge in [0.1, 0.15) is 19.3 Å². The summed E-state index contributed by atoms with van der Waals surface area (Å²) in [6.07, 6.45) is 1.30. The van der Waals surface area contributed by atoms with Gasteiger partial charge < -0.3 is 24.8 Å². The minimum absolute atomic E-state index is 0.0198. The molecule has 38 heavy (non-hydrogen) atoms. The van der Waals surface area contributed by atoms with Crippen molar-refractivity contribution in [1.82, 2.24) is 10.2 Å². The highest BCUT2D eigenvalue weighted by Gasteiger charge is 2.30. The van der Waals surface area contributed by atoms with Gasteiger partial charge in [-0.2, -0.15) is 0 Å². The second kappa shape index (κ2) is 11.5. The van der Waals surface area contributed by atoms with Gasteiger partial charge in [0.2, 0.25) is 5.78 Å². The van der Waals surface area contributed by atoms with Gasteiger partial charge in [-0.1, -0.05) is 42.0 Å².